The van der Waals surface area contributed by atoms with Gasteiger partial charge in [0.05, 0.1) is 11.9 Å². The largest absolute Gasteiger partial charge is 0.369 e. The minimum Gasteiger partial charge on any atom is -0.369 e. The van der Waals surface area contributed by atoms with E-state index in [9.17, 15) is 4.79 Å². The summed E-state index contributed by atoms with van der Waals surface area (Å²) >= 11 is 6.46. The zero-order valence-electron chi connectivity index (χ0n) is 20.8. The van der Waals surface area contributed by atoms with Crippen LogP contribution in [0.25, 0.3) is 6.08 Å². The van der Waals surface area contributed by atoms with E-state index >= 15 is 0 Å². The standard InChI is InChI=1S/C27H31ClN8O/c1-34-14-16-35(17-15-34)23-8-5-21(6-9-23)32-27-30-18-24(28)26(33-27)36-13-11-22(19-36)31-25(37)10-7-20-4-2-3-12-29-20/h2-10,12,18,22H,11,13-17,19H2,1H3,(H,31,37)(H,30,32,33)/b10-7+/t22-/m1/s1. The highest BCUT2D eigenvalue weighted by Gasteiger charge is 2.26. The second-order valence-electron chi connectivity index (χ2n) is 9.36. The van der Waals surface area contributed by atoms with Crippen molar-refractivity contribution < 1.29 is 4.79 Å². The van der Waals surface area contributed by atoms with Crippen LogP contribution in [0.5, 0.6) is 0 Å². The zero-order valence-corrected chi connectivity index (χ0v) is 21.6. The number of piperazine rings is 1. The average Bonchev–Trinajstić information content (AvgIpc) is 3.38. The van der Waals surface area contributed by atoms with Crippen LogP contribution in [0.1, 0.15) is 12.1 Å². The molecule has 0 bridgehead atoms. The Kier molecular flexibility index (Phi) is 7.82. The van der Waals surface area contributed by atoms with E-state index in [1.54, 1.807) is 18.5 Å². The number of rotatable bonds is 7. The first kappa shape index (κ1) is 25.0. The number of pyridine rings is 1. The Morgan fingerprint density at radius 1 is 1.03 bits per heavy atom. The van der Waals surface area contributed by atoms with E-state index in [-0.39, 0.29) is 11.9 Å². The van der Waals surface area contributed by atoms with Gasteiger partial charge in [-0.1, -0.05) is 17.7 Å². The van der Waals surface area contributed by atoms with Crippen LogP contribution in [0.3, 0.4) is 0 Å². The molecule has 2 aliphatic heterocycles. The fourth-order valence-electron chi connectivity index (χ4n) is 4.54. The summed E-state index contributed by atoms with van der Waals surface area (Å²) < 4.78 is 0. The molecule has 2 saturated heterocycles. The van der Waals surface area contributed by atoms with Gasteiger partial charge < -0.3 is 25.3 Å². The summed E-state index contributed by atoms with van der Waals surface area (Å²) in [5.41, 5.74) is 2.88. The summed E-state index contributed by atoms with van der Waals surface area (Å²) in [5.74, 6) is 1.00. The van der Waals surface area contributed by atoms with Crippen molar-refractivity contribution in [2.75, 3.05) is 61.4 Å². The first-order chi connectivity index (χ1) is 18.0. The Bertz CT molecular complexity index is 1230. The van der Waals surface area contributed by atoms with Crippen LogP contribution in [-0.2, 0) is 4.79 Å². The minimum absolute atomic E-state index is 0.00504. The number of carbonyl (C=O) groups is 1. The molecule has 3 aromatic rings. The number of anilines is 4. The molecule has 1 aromatic carbocycles. The van der Waals surface area contributed by atoms with E-state index in [4.69, 9.17) is 11.6 Å². The van der Waals surface area contributed by atoms with Gasteiger partial charge in [0.25, 0.3) is 0 Å². The molecule has 1 amide bonds. The molecule has 2 aromatic heterocycles. The molecule has 2 aliphatic rings. The van der Waals surface area contributed by atoms with Crippen molar-refractivity contribution in [3.05, 3.63) is 71.7 Å². The number of hydrogen-bond donors (Lipinski definition) is 2. The molecule has 9 nitrogen and oxygen atoms in total. The average molecular weight is 519 g/mol. The number of nitrogens with one attached hydrogen (secondary N) is 2. The maximum absolute atomic E-state index is 12.4. The molecule has 0 saturated carbocycles. The number of aromatic nitrogens is 3. The summed E-state index contributed by atoms with van der Waals surface area (Å²) in [5, 5.41) is 6.83. The number of amides is 1. The summed E-state index contributed by atoms with van der Waals surface area (Å²) in [6.45, 7) is 5.58. The summed E-state index contributed by atoms with van der Waals surface area (Å²) in [6.07, 6.45) is 7.34. The highest BCUT2D eigenvalue weighted by atomic mass is 35.5. The van der Waals surface area contributed by atoms with Crippen LogP contribution in [0.2, 0.25) is 5.02 Å². The highest BCUT2D eigenvalue weighted by Crippen LogP contribution is 2.28. The van der Waals surface area contributed by atoms with Crippen molar-refractivity contribution in [3.8, 4) is 0 Å². The van der Waals surface area contributed by atoms with Crippen molar-refractivity contribution in [2.45, 2.75) is 12.5 Å². The number of halogens is 1. The van der Waals surface area contributed by atoms with Gasteiger partial charge >= 0.3 is 0 Å². The Morgan fingerprint density at radius 2 is 1.84 bits per heavy atom. The van der Waals surface area contributed by atoms with Gasteiger partial charge in [0, 0.05) is 69.0 Å². The van der Waals surface area contributed by atoms with Gasteiger partial charge in [-0.15, -0.1) is 0 Å². The lowest BCUT2D eigenvalue weighted by atomic mass is 10.2. The van der Waals surface area contributed by atoms with Crippen LogP contribution >= 0.6 is 11.6 Å². The monoisotopic (exact) mass is 518 g/mol. The highest BCUT2D eigenvalue weighted by molar-refractivity contribution is 6.32. The predicted molar refractivity (Wildman–Crippen MR) is 149 cm³/mol. The molecule has 10 heteroatoms. The second-order valence-corrected chi connectivity index (χ2v) is 9.76. The molecule has 1 atom stereocenters. The first-order valence-corrected chi connectivity index (χ1v) is 12.9. The molecule has 4 heterocycles. The molecule has 0 aliphatic carbocycles. The molecular weight excluding hydrogens is 488 g/mol. The van der Waals surface area contributed by atoms with Gasteiger partial charge in [-0.05, 0) is 55.9 Å². The van der Waals surface area contributed by atoms with E-state index in [2.05, 4.69) is 59.5 Å². The molecular formula is C27H31ClN8O. The lowest BCUT2D eigenvalue weighted by molar-refractivity contribution is -0.117. The number of nitrogens with zero attached hydrogens (tertiary/aromatic N) is 6. The Morgan fingerprint density at radius 3 is 2.59 bits per heavy atom. The van der Waals surface area contributed by atoms with E-state index in [1.807, 2.05) is 30.3 Å². The third kappa shape index (κ3) is 6.55. The number of benzene rings is 1. The van der Waals surface area contributed by atoms with Crippen molar-refractivity contribution in [1.29, 1.82) is 0 Å². The number of likely N-dealkylation sites (N-methyl/N-ethyl adjacent to an activating group) is 1. The molecule has 192 valence electrons. The van der Waals surface area contributed by atoms with Crippen molar-refractivity contribution in [3.63, 3.8) is 0 Å². The summed E-state index contributed by atoms with van der Waals surface area (Å²) in [7, 11) is 2.16. The van der Waals surface area contributed by atoms with Gasteiger partial charge in [-0.25, -0.2) is 4.98 Å². The van der Waals surface area contributed by atoms with Gasteiger partial charge in [0.1, 0.15) is 5.02 Å². The SMILES string of the molecule is CN1CCN(c2ccc(Nc3ncc(Cl)c(N4CC[C@@H](NC(=O)/C=C/c5ccccn5)C4)n3)cc2)CC1. The maximum atomic E-state index is 12.4. The predicted octanol–water partition coefficient (Wildman–Crippen LogP) is 3.43. The fourth-order valence-corrected chi connectivity index (χ4v) is 4.76. The number of carbonyl (C=O) groups excluding carboxylic acids is 1. The first-order valence-electron chi connectivity index (χ1n) is 12.5. The normalized spacial score (nSPS) is 18.4. The maximum Gasteiger partial charge on any atom is 0.244 e. The van der Waals surface area contributed by atoms with Crippen molar-refractivity contribution in [1.82, 2.24) is 25.2 Å². The smallest absolute Gasteiger partial charge is 0.244 e. The Labute approximate surface area is 222 Å². The van der Waals surface area contributed by atoms with E-state index < -0.39 is 0 Å². The lowest BCUT2D eigenvalue weighted by Crippen LogP contribution is -2.44. The quantitative estimate of drug-likeness (QED) is 0.460. The number of hydrogen-bond acceptors (Lipinski definition) is 8. The van der Waals surface area contributed by atoms with Crippen LogP contribution in [0, 0.1) is 0 Å². The van der Waals surface area contributed by atoms with E-state index in [1.165, 1.54) is 11.8 Å². The molecule has 2 N–H and O–H groups in total. The lowest BCUT2D eigenvalue weighted by Gasteiger charge is -2.34. The minimum atomic E-state index is -0.145. The molecule has 5 rings (SSSR count). The van der Waals surface area contributed by atoms with Crippen LogP contribution in [-0.4, -0.2) is 78.1 Å². The van der Waals surface area contributed by atoms with Crippen molar-refractivity contribution >= 4 is 46.7 Å². The molecule has 0 unspecified atom stereocenters. The van der Waals surface area contributed by atoms with Crippen LogP contribution < -0.4 is 20.4 Å². The molecule has 37 heavy (non-hydrogen) atoms. The fraction of sp³-hybridized carbons (Fsp3) is 0.333. The summed E-state index contributed by atoms with van der Waals surface area (Å²) in [4.78, 5) is 32.4. The van der Waals surface area contributed by atoms with Gasteiger partial charge in [0.2, 0.25) is 11.9 Å². The Hall–Kier alpha value is -3.69. The van der Waals surface area contributed by atoms with Gasteiger partial charge in [0.15, 0.2) is 5.82 Å². The third-order valence-corrected chi connectivity index (χ3v) is 6.91. The topological polar surface area (TPSA) is 89.5 Å². The van der Waals surface area contributed by atoms with Gasteiger partial charge in [-0.2, -0.15) is 4.98 Å². The molecule has 0 spiro atoms. The van der Waals surface area contributed by atoms with Crippen molar-refractivity contribution in [2.24, 2.45) is 0 Å². The van der Waals surface area contributed by atoms with E-state index in [0.717, 1.165) is 50.5 Å². The van der Waals surface area contributed by atoms with Crippen LogP contribution in [0.15, 0.2) is 60.9 Å². The van der Waals surface area contributed by atoms with E-state index in [0.29, 0.717) is 23.3 Å². The molecule has 2 fully saturated rings. The summed E-state index contributed by atoms with van der Waals surface area (Å²) in [6, 6.07) is 13.9. The molecule has 0 radical (unpaired) electrons. The van der Waals surface area contributed by atoms with Crippen LogP contribution in [0.4, 0.5) is 23.1 Å². The third-order valence-electron chi connectivity index (χ3n) is 6.64. The Balaban J connectivity index is 1.17. The zero-order chi connectivity index (χ0) is 25.6. The second kappa shape index (κ2) is 11.6. The van der Waals surface area contributed by atoms with Gasteiger partial charge in [-0.3, -0.25) is 9.78 Å².